The molecular weight excluding hydrogens is 270 g/mol. The summed E-state index contributed by atoms with van der Waals surface area (Å²) in [5, 5.41) is 18.7. The summed E-state index contributed by atoms with van der Waals surface area (Å²) in [5.74, 6) is 0. The zero-order valence-corrected chi connectivity index (χ0v) is 11.2. The monoisotopic (exact) mass is 281 g/mol. The highest BCUT2D eigenvalue weighted by Gasteiger charge is 2.14. The van der Waals surface area contributed by atoms with E-state index in [1.165, 1.54) is 6.07 Å². The van der Waals surface area contributed by atoms with Crippen molar-refractivity contribution in [2.45, 2.75) is 6.92 Å². The van der Waals surface area contributed by atoms with Gasteiger partial charge in [-0.25, -0.2) is 5.10 Å². The van der Waals surface area contributed by atoms with E-state index in [-0.39, 0.29) is 11.2 Å². The second-order valence-corrected chi connectivity index (χ2v) is 4.71. The van der Waals surface area contributed by atoms with Crippen LogP contribution in [0.15, 0.2) is 47.3 Å². The molecular formula is C15H11N3O3. The first-order chi connectivity index (χ1) is 10.1. The molecule has 0 amide bonds. The third-order valence-corrected chi connectivity index (χ3v) is 3.38. The third kappa shape index (κ3) is 2.16. The highest BCUT2D eigenvalue weighted by molar-refractivity contribution is 5.93. The van der Waals surface area contributed by atoms with Gasteiger partial charge < -0.3 is 0 Å². The Bertz CT molecular complexity index is 915. The van der Waals surface area contributed by atoms with E-state index in [0.29, 0.717) is 27.6 Å². The number of aromatic nitrogens is 2. The molecule has 3 rings (SSSR count). The largest absolute Gasteiger partial charge is 0.272 e. The van der Waals surface area contributed by atoms with E-state index >= 15 is 0 Å². The maximum absolute atomic E-state index is 11.8. The maximum Gasteiger partial charge on any atom is 0.272 e. The van der Waals surface area contributed by atoms with Gasteiger partial charge in [-0.2, -0.15) is 5.10 Å². The quantitative estimate of drug-likeness (QED) is 0.577. The first-order valence-electron chi connectivity index (χ1n) is 6.31. The average molecular weight is 281 g/mol. The van der Waals surface area contributed by atoms with Crippen molar-refractivity contribution in [3.05, 3.63) is 68.5 Å². The predicted octanol–water partition coefficient (Wildman–Crippen LogP) is 2.81. The SMILES string of the molecule is Cc1ccc(-c2n[nH]c(=O)c3ccccc23)cc1[N+](=O)[O-]. The molecule has 1 aromatic heterocycles. The lowest BCUT2D eigenvalue weighted by molar-refractivity contribution is -0.385. The second kappa shape index (κ2) is 4.82. The van der Waals surface area contributed by atoms with Crippen LogP contribution in [0.25, 0.3) is 22.0 Å². The van der Waals surface area contributed by atoms with E-state index < -0.39 is 4.92 Å². The third-order valence-electron chi connectivity index (χ3n) is 3.38. The number of nitro benzene ring substituents is 1. The van der Waals surface area contributed by atoms with Gasteiger partial charge in [-0.15, -0.1) is 0 Å². The predicted molar refractivity (Wildman–Crippen MR) is 79.2 cm³/mol. The van der Waals surface area contributed by atoms with Crippen LogP contribution in [0.4, 0.5) is 5.69 Å². The van der Waals surface area contributed by atoms with Crippen LogP contribution >= 0.6 is 0 Å². The minimum absolute atomic E-state index is 0.0320. The topological polar surface area (TPSA) is 88.9 Å². The van der Waals surface area contributed by atoms with Crippen molar-refractivity contribution in [3.63, 3.8) is 0 Å². The standard InChI is InChI=1S/C15H11N3O3/c1-9-6-7-10(8-13(9)18(20)21)14-11-4-2-3-5-12(11)15(19)17-16-14/h2-8H,1H3,(H,17,19). The Morgan fingerprint density at radius 2 is 1.86 bits per heavy atom. The molecule has 0 spiro atoms. The van der Waals surface area contributed by atoms with E-state index in [1.54, 1.807) is 43.3 Å². The molecule has 0 aliphatic carbocycles. The van der Waals surface area contributed by atoms with Crippen LogP contribution in [0, 0.1) is 17.0 Å². The van der Waals surface area contributed by atoms with Gasteiger partial charge in [0.05, 0.1) is 16.0 Å². The van der Waals surface area contributed by atoms with Gasteiger partial charge in [0.1, 0.15) is 0 Å². The summed E-state index contributed by atoms with van der Waals surface area (Å²) >= 11 is 0. The minimum Gasteiger partial charge on any atom is -0.267 e. The molecule has 3 aromatic rings. The Kier molecular flexibility index (Phi) is 2.98. The zero-order valence-electron chi connectivity index (χ0n) is 11.2. The molecule has 0 atom stereocenters. The number of hydrogen-bond acceptors (Lipinski definition) is 4. The number of fused-ring (bicyclic) bond motifs is 1. The molecule has 21 heavy (non-hydrogen) atoms. The van der Waals surface area contributed by atoms with Gasteiger partial charge in [0, 0.05) is 22.6 Å². The van der Waals surface area contributed by atoms with Crippen LogP contribution < -0.4 is 5.56 Å². The van der Waals surface area contributed by atoms with Crippen molar-refractivity contribution in [3.8, 4) is 11.3 Å². The summed E-state index contributed by atoms with van der Waals surface area (Å²) in [6, 6.07) is 11.9. The molecule has 1 N–H and O–H groups in total. The fraction of sp³-hybridized carbons (Fsp3) is 0.0667. The lowest BCUT2D eigenvalue weighted by Gasteiger charge is -2.06. The Hall–Kier alpha value is -3.02. The van der Waals surface area contributed by atoms with Crippen molar-refractivity contribution < 1.29 is 4.92 Å². The van der Waals surface area contributed by atoms with Gasteiger partial charge in [0.25, 0.3) is 11.2 Å². The molecule has 104 valence electrons. The van der Waals surface area contributed by atoms with Gasteiger partial charge >= 0.3 is 0 Å². The molecule has 1 heterocycles. The summed E-state index contributed by atoms with van der Waals surface area (Å²) in [5.41, 5.74) is 1.45. The van der Waals surface area contributed by atoms with Crippen molar-refractivity contribution in [1.82, 2.24) is 10.2 Å². The number of aryl methyl sites for hydroxylation is 1. The van der Waals surface area contributed by atoms with Crippen LogP contribution in [0.2, 0.25) is 0 Å². The number of H-pyrrole nitrogens is 1. The molecule has 2 aromatic carbocycles. The van der Waals surface area contributed by atoms with Gasteiger partial charge in [-0.1, -0.05) is 30.3 Å². The fourth-order valence-corrected chi connectivity index (χ4v) is 2.29. The summed E-state index contributed by atoms with van der Waals surface area (Å²) in [6.45, 7) is 1.68. The van der Waals surface area contributed by atoms with Crippen LogP contribution in [0.1, 0.15) is 5.56 Å². The van der Waals surface area contributed by atoms with E-state index in [0.717, 1.165) is 0 Å². The lowest BCUT2D eigenvalue weighted by atomic mass is 10.0. The Balaban J connectivity index is 2.31. The molecule has 0 saturated carbocycles. The van der Waals surface area contributed by atoms with Crippen molar-refractivity contribution in [2.75, 3.05) is 0 Å². The highest BCUT2D eigenvalue weighted by Crippen LogP contribution is 2.28. The van der Waals surface area contributed by atoms with Crippen LogP contribution in [0.5, 0.6) is 0 Å². The lowest BCUT2D eigenvalue weighted by Crippen LogP contribution is -2.09. The Morgan fingerprint density at radius 1 is 1.14 bits per heavy atom. The van der Waals surface area contributed by atoms with Gasteiger partial charge in [0.2, 0.25) is 0 Å². The number of benzene rings is 2. The number of rotatable bonds is 2. The van der Waals surface area contributed by atoms with Gasteiger partial charge in [-0.3, -0.25) is 14.9 Å². The first-order valence-corrected chi connectivity index (χ1v) is 6.31. The van der Waals surface area contributed by atoms with E-state index in [2.05, 4.69) is 10.2 Å². The minimum atomic E-state index is -0.424. The molecule has 0 radical (unpaired) electrons. The second-order valence-electron chi connectivity index (χ2n) is 4.71. The maximum atomic E-state index is 11.8. The molecule has 0 bridgehead atoms. The summed E-state index contributed by atoms with van der Waals surface area (Å²) in [6.07, 6.45) is 0. The average Bonchev–Trinajstić information content (AvgIpc) is 2.48. The number of hydrogen-bond donors (Lipinski definition) is 1. The molecule has 0 unspecified atom stereocenters. The molecule has 0 aliphatic heterocycles. The Labute approximate surface area is 119 Å². The molecule has 6 heteroatoms. The Morgan fingerprint density at radius 3 is 2.57 bits per heavy atom. The highest BCUT2D eigenvalue weighted by atomic mass is 16.6. The molecule has 6 nitrogen and oxygen atoms in total. The van der Waals surface area contributed by atoms with Crippen molar-refractivity contribution >= 4 is 16.5 Å². The van der Waals surface area contributed by atoms with Crippen LogP contribution in [-0.2, 0) is 0 Å². The number of nitrogens with zero attached hydrogens (tertiary/aromatic N) is 2. The van der Waals surface area contributed by atoms with Crippen molar-refractivity contribution in [2.24, 2.45) is 0 Å². The summed E-state index contributed by atoms with van der Waals surface area (Å²) < 4.78 is 0. The van der Waals surface area contributed by atoms with E-state index in [9.17, 15) is 14.9 Å². The smallest absolute Gasteiger partial charge is 0.267 e. The molecule has 0 fully saturated rings. The van der Waals surface area contributed by atoms with E-state index in [4.69, 9.17) is 0 Å². The zero-order chi connectivity index (χ0) is 15.0. The summed E-state index contributed by atoms with van der Waals surface area (Å²) in [7, 11) is 0. The number of nitrogens with one attached hydrogen (secondary N) is 1. The normalized spacial score (nSPS) is 10.7. The molecule has 0 aliphatic rings. The number of aromatic amines is 1. The van der Waals surface area contributed by atoms with Gasteiger partial charge in [0.15, 0.2) is 0 Å². The number of nitro groups is 1. The van der Waals surface area contributed by atoms with E-state index in [1.807, 2.05) is 0 Å². The summed E-state index contributed by atoms with van der Waals surface area (Å²) in [4.78, 5) is 22.4. The van der Waals surface area contributed by atoms with Gasteiger partial charge in [-0.05, 0) is 13.0 Å². The van der Waals surface area contributed by atoms with Crippen LogP contribution in [-0.4, -0.2) is 15.1 Å². The first kappa shape index (κ1) is 13.0. The molecule has 0 saturated heterocycles. The van der Waals surface area contributed by atoms with Crippen LogP contribution in [0.3, 0.4) is 0 Å². The van der Waals surface area contributed by atoms with Crippen molar-refractivity contribution in [1.29, 1.82) is 0 Å². The fourth-order valence-electron chi connectivity index (χ4n) is 2.29.